The number of rotatable bonds is 9. The average Bonchev–Trinajstić information content (AvgIpc) is 3.39. The van der Waals surface area contributed by atoms with Crippen molar-refractivity contribution in [2.24, 2.45) is 65.1 Å². The van der Waals surface area contributed by atoms with E-state index in [4.69, 9.17) is 9.47 Å². The quantitative estimate of drug-likeness (QED) is 0.328. The van der Waals surface area contributed by atoms with Crippen molar-refractivity contribution in [1.82, 2.24) is 0 Å². The van der Waals surface area contributed by atoms with Gasteiger partial charge in [0.1, 0.15) is 11.7 Å². The van der Waals surface area contributed by atoms with Crippen LogP contribution in [0.25, 0.3) is 0 Å². The molecular formula is C31H50O4. The predicted molar refractivity (Wildman–Crippen MR) is 137 cm³/mol. The summed E-state index contributed by atoms with van der Waals surface area (Å²) in [6.07, 6.45) is 11.4. The van der Waals surface area contributed by atoms with Gasteiger partial charge in [0.2, 0.25) is 0 Å². The zero-order valence-electron chi connectivity index (χ0n) is 23.1. The molecule has 4 nitrogen and oxygen atoms in total. The van der Waals surface area contributed by atoms with E-state index in [1.165, 1.54) is 32.1 Å². The summed E-state index contributed by atoms with van der Waals surface area (Å²) in [5, 5.41) is 0. The van der Waals surface area contributed by atoms with Gasteiger partial charge in [-0.2, -0.15) is 0 Å². The Morgan fingerprint density at radius 2 is 1.54 bits per heavy atom. The summed E-state index contributed by atoms with van der Waals surface area (Å²) in [7, 11) is 0. The van der Waals surface area contributed by atoms with E-state index in [-0.39, 0.29) is 41.4 Å². The van der Waals surface area contributed by atoms with E-state index in [0.717, 1.165) is 43.9 Å². The number of carbonyl (C=O) groups excluding carboxylic acids is 2. The molecule has 0 saturated heterocycles. The van der Waals surface area contributed by atoms with Crippen molar-refractivity contribution in [3.63, 3.8) is 0 Å². The van der Waals surface area contributed by atoms with Gasteiger partial charge in [0.25, 0.3) is 0 Å². The highest BCUT2D eigenvalue weighted by atomic mass is 16.6. The first-order valence-electron chi connectivity index (χ1n) is 15.1. The van der Waals surface area contributed by atoms with E-state index in [9.17, 15) is 9.59 Å². The molecule has 0 aliphatic heterocycles. The minimum absolute atomic E-state index is 0.0430. The predicted octanol–water partition coefficient (Wildman–Crippen LogP) is 7.05. The number of fused-ring (bicyclic) bond motifs is 2. The second kappa shape index (κ2) is 9.67. The topological polar surface area (TPSA) is 52.6 Å². The van der Waals surface area contributed by atoms with Gasteiger partial charge in [-0.3, -0.25) is 9.59 Å². The average molecular weight is 487 g/mol. The second-order valence-electron chi connectivity index (χ2n) is 13.8. The molecule has 4 heteroatoms. The van der Waals surface area contributed by atoms with Crippen LogP contribution in [0.5, 0.6) is 0 Å². The summed E-state index contributed by atoms with van der Waals surface area (Å²) < 4.78 is 12.7. The standard InChI is InChI=1S/C31H50O4/c1-7-25(34-29(32)18(5)17(3)4)16-26-19(6)22-14-27(26)28(15-22)30(33)35-31(8-2)23-10-20-9-21(12-23)13-24(31)11-20/h17-28H,7-16H2,1-6H3. The minimum Gasteiger partial charge on any atom is -0.462 e. The van der Waals surface area contributed by atoms with Crippen LogP contribution < -0.4 is 0 Å². The third kappa shape index (κ3) is 4.37. The summed E-state index contributed by atoms with van der Waals surface area (Å²) in [4.78, 5) is 26.5. The van der Waals surface area contributed by atoms with Gasteiger partial charge in [0.15, 0.2) is 0 Å². The monoisotopic (exact) mass is 486 g/mol. The van der Waals surface area contributed by atoms with Crippen molar-refractivity contribution in [2.75, 3.05) is 0 Å². The molecule has 6 saturated carbocycles. The molecule has 0 heterocycles. The van der Waals surface area contributed by atoms with Crippen LogP contribution in [-0.2, 0) is 19.1 Å². The molecule has 0 radical (unpaired) electrons. The molecule has 0 N–H and O–H groups in total. The molecule has 0 amide bonds. The Kier molecular flexibility index (Phi) is 7.07. The van der Waals surface area contributed by atoms with Gasteiger partial charge in [-0.05, 0) is 117 Å². The first-order chi connectivity index (χ1) is 16.7. The van der Waals surface area contributed by atoms with Crippen molar-refractivity contribution in [1.29, 1.82) is 0 Å². The van der Waals surface area contributed by atoms with Gasteiger partial charge >= 0.3 is 11.9 Å². The molecule has 6 aliphatic rings. The maximum Gasteiger partial charge on any atom is 0.309 e. The van der Waals surface area contributed by atoms with Crippen molar-refractivity contribution in [3.8, 4) is 0 Å². The van der Waals surface area contributed by atoms with Crippen LogP contribution >= 0.6 is 0 Å². The Morgan fingerprint density at radius 3 is 2.06 bits per heavy atom. The number of esters is 2. The SMILES string of the molecule is CCC(CC1C(C)C2CC(C(=O)OC3(CC)C4CC5CC(C4)CC3C5)C1C2)OC(=O)C(C)C(C)C. The van der Waals surface area contributed by atoms with Crippen LogP contribution in [0.4, 0.5) is 0 Å². The minimum atomic E-state index is -0.193. The van der Waals surface area contributed by atoms with Gasteiger partial charge in [0.05, 0.1) is 11.8 Å². The van der Waals surface area contributed by atoms with Crippen LogP contribution in [0.15, 0.2) is 0 Å². The van der Waals surface area contributed by atoms with Gasteiger partial charge in [-0.15, -0.1) is 0 Å². The van der Waals surface area contributed by atoms with E-state index in [0.29, 0.717) is 35.5 Å². The van der Waals surface area contributed by atoms with Gasteiger partial charge in [0, 0.05) is 0 Å². The highest BCUT2D eigenvalue weighted by Crippen LogP contribution is 2.62. The highest BCUT2D eigenvalue weighted by molar-refractivity contribution is 5.74. The molecule has 198 valence electrons. The van der Waals surface area contributed by atoms with Crippen molar-refractivity contribution >= 4 is 11.9 Å². The first kappa shape index (κ1) is 25.6. The van der Waals surface area contributed by atoms with E-state index < -0.39 is 0 Å². The molecular weight excluding hydrogens is 436 g/mol. The number of hydrogen-bond donors (Lipinski definition) is 0. The van der Waals surface area contributed by atoms with Crippen molar-refractivity contribution < 1.29 is 19.1 Å². The molecule has 7 atom stereocenters. The molecule has 0 aromatic rings. The molecule has 6 aliphatic carbocycles. The van der Waals surface area contributed by atoms with Gasteiger partial charge in [-0.1, -0.05) is 41.5 Å². The number of ether oxygens (including phenoxy) is 2. The zero-order chi connectivity index (χ0) is 25.1. The fraction of sp³-hybridized carbons (Fsp3) is 0.935. The van der Waals surface area contributed by atoms with Crippen molar-refractivity contribution in [3.05, 3.63) is 0 Å². The Balaban J connectivity index is 1.25. The first-order valence-corrected chi connectivity index (χ1v) is 15.1. The van der Waals surface area contributed by atoms with E-state index in [1.54, 1.807) is 0 Å². The summed E-state index contributed by atoms with van der Waals surface area (Å²) in [6, 6.07) is 0. The van der Waals surface area contributed by atoms with E-state index in [1.807, 2.05) is 6.92 Å². The molecule has 7 unspecified atom stereocenters. The van der Waals surface area contributed by atoms with Crippen LogP contribution in [0.1, 0.15) is 106 Å². The number of carbonyl (C=O) groups is 2. The number of hydrogen-bond acceptors (Lipinski definition) is 4. The summed E-state index contributed by atoms with van der Waals surface area (Å²) in [5.74, 6) is 5.32. The lowest BCUT2D eigenvalue weighted by Crippen LogP contribution is -2.60. The summed E-state index contributed by atoms with van der Waals surface area (Å²) in [6.45, 7) is 12.9. The molecule has 0 aromatic carbocycles. The van der Waals surface area contributed by atoms with Crippen LogP contribution in [-0.4, -0.2) is 23.6 Å². The largest absolute Gasteiger partial charge is 0.462 e. The molecule has 6 fully saturated rings. The molecule has 6 rings (SSSR count). The summed E-state index contributed by atoms with van der Waals surface area (Å²) in [5.41, 5.74) is -0.193. The Morgan fingerprint density at radius 1 is 0.914 bits per heavy atom. The lowest BCUT2D eigenvalue weighted by atomic mass is 9.49. The molecule has 35 heavy (non-hydrogen) atoms. The van der Waals surface area contributed by atoms with Gasteiger partial charge in [-0.25, -0.2) is 0 Å². The smallest absolute Gasteiger partial charge is 0.309 e. The normalized spacial score (nSPS) is 45.1. The Bertz CT molecular complexity index is 774. The van der Waals surface area contributed by atoms with Crippen LogP contribution in [0.3, 0.4) is 0 Å². The Hall–Kier alpha value is -1.06. The Labute approximate surface area is 213 Å². The van der Waals surface area contributed by atoms with Crippen molar-refractivity contribution in [2.45, 2.75) is 117 Å². The fourth-order valence-corrected chi connectivity index (χ4v) is 9.62. The maximum atomic E-state index is 13.8. The molecule has 0 spiro atoms. The van der Waals surface area contributed by atoms with Crippen LogP contribution in [0, 0.1) is 65.1 Å². The third-order valence-corrected chi connectivity index (χ3v) is 11.9. The zero-order valence-corrected chi connectivity index (χ0v) is 23.1. The van der Waals surface area contributed by atoms with E-state index >= 15 is 0 Å². The van der Waals surface area contributed by atoms with E-state index in [2.05, 4.69) is 34.6 Å². The third-order valence-electron chi connectivity index (χ3n) is 11.9. The lowest BCUT2D eigenvalue weighted by Gasteiger charge is -2.60. The fourth-order valence-electron chi connectivity index (χ4n) is 9.62. The molecule has 6 bridgehead atoms. The maximum absolute atomic E-state index is 13.8. The highest BCUT2D eigenvalue weighted by Gasteiger charge is 2.60. The van der Waals surface area contributed by atoms with Crippen LogP contribution in [0.2, 0.25) is 0 Å². The molecule has 0 aromatic heterocycles. The summed E-state index contributed by atoms with van der Waals surface area (Å²) >= 11 is 0. The second-order valence-corrected chi connectivity index (χ2v) is 13.8. The lowest BCUT2D eigenvalue weighted by molar-refractivity contribution is -0.216. The van der Waals surface area contributed by atoms with Gasteiger partial charge < -0.3 is 9.47 Å².